The van der Waals surface area contributed by atoms with Gasteiger partial charge in [-0.05, 0) is 26.8 Å². The van der Waals surface area contributed by atoms with Gasteiger partial charge in [0.2, 0.25) is 0 Å². The second-order valence-corrected chi connectivity index (χ2v) is 3.50. The zero-order valence-electron chi connectivity index (χ0n) is 10.3. The van der Waals surface area contributed by atoms with Crippen molar-refractivity contribution in [2.45, 2.75) is 39.1 Å². The molecule has 0 aromatic carbocycles. The predicted molar refractivity (Wildman–Crippen MR) is 61.3 cm³/mol. The van der Waals surface area contributed by atoms with Gasteiger partial charge in [0.1, 0.15) is 18.3 Å². The lowest BCUT2D eigenvalue weighted by Gasteiger charge is -2.34. The standard InChI is InChI=1S/C12H22O4/c1-4-13-9-11-12(15-6-3)10(14-5-2)7-8-16-11/h7-8,10-12H,4-6,9H2,1-3H3/t10-,11-,12+/m1/s1. The Morgan fingerprint density at radius 2 is 1.81 bits per heavy atom. The fourth-order valence-corrected chi connectivity index (χ4v) is 1.73. The van der Waals surface area contributed by atoms with E-state index in [1.165, 1.54) is 0 Å². The average Bonchev–Trinajstić information content (AvgIpc) is 2.30. The van der Waals surface area contributed by atoms with Crippen LogP contribution >= 0.6 is 0 Å². The van der Waals surface area contributed by atoms with E-state index in [-0.39, 0.29) is 18.3 Å². The van der Waals surface area contributed by atoms with Crippen molar-refractivity contribution in [3.8, 4) is 0 Å². The van der Waals surface area contributed by atoms with Crippen molar-refractivity contribution < 1.29 is 18.9 Å². The lowest BCUT2D eigenvalue weighted by atomic mass is 10.1. The van der Waals surface area contributed by atoms with Gasteiger partial charge < -0.3 is 18.9 Å². The summed E-state index contributed by atoms with van der Waals surface area (Å²) in [5.41, 5.74) is 0. The first-order valence-electron chi connectivity index (χ1n) is 5.96. The number of rotatable bonds is 7. The van der Waals surface area contributed by atoms with Crippen LogP contribution in [-0.4, -0.2) is 44.7 Å². The van der Waals surface area contributed by atoms with Gasteiger partial charge in [-0.1, -0.05) is 0 Å². The Morgan fingerprint density at radius 1 is 1.06 bits per heavy atom. The van der Waals surface area contributed by atoms with Crippen molar-refractivity contribution in [3.05, 3.63) is 12.3 Å². The molecule has 94 valence electrons. The third kappa shape index (κ3) is 3.77. The third-order valence-electron chi connectivity index (χ3n) is 2.42. The molecular formula is C12H22O4. The van der Waals surface area contributed by atoms with E-state index in [0.29, 0.717) is 26.4 Å². The highest BCUT2D eigenvalue weighted by Crippen LogP contribution is 2.19. The molecule has 16 heavy (non-hydrogen) atoms. The lowest BCUT2D eigenvalue weighted by molar-refractivity contribution is -0.134. The summed E-state index contributed by atoms with van der Waals surface area (Å²) in [5.74, 6) is 0. The molecule has 0 saturated heterocycles. The van der Waals surface area contributed by atoms with E-state index in [4.69, 9.17) is 18.9 Å². The highest BCUT2D eigenvalue weighted by molar-refractivity contribution is 4.99. The first-order valence-corrected chi connectivity index (χ1v) is 5.96. The number of hydrogen-bond donors (Lipinski definition) is 0. The number of ether oxygens (including phenoxy) is 4. The highest BCUT2D eigenvalue weighted by Gasteiger charge is 2.33. The summed E-state index contributed by atoms with van der Waals surface area (Å²) in [6, 6.07) is 0. The topological polar surface area (TPSA) is 36.9 Å². The van der Waals surface area contributed by atoms with Crippen molar-refractivity contribution in [1.82, 2.24) is 0 Å². The minimum atomic E-state index is -0.0820. The Hall–Kier alpha value is -0.580. The van der Waals surface area contributed by atoms with Crippen LogP contribution < -0.4 is 0 Å². The molecule has 0 amide bonds. The Bertz CT molecular complexity index is 205. The van der Waals surface area contributed by atoms with Gasteiger partial charge in [0.15, 0.2) is 0 Å². The van der Waals surface area contributed by atoms with E-state index in [9.17, 15) is 0 Å². The van der Waals surface area contributed by atoms with Crippen LogP contribution in [0.15, 0.2) is 12.3 Å². The zero-order chi connectivity index (χ0) is 11.8. The van der Waals surface area contributed by atoms with Crippen LogP contribution in [0.25, 0.3) is 0 Å². The van der Waals surface area contributed by atoms with Gasteiger partial charge in [-0.15, -0.1) is 0 Å². The van der Waals surface area contributed by atoms with Crippen molar-refractivity contribution in [1.29, 1.82) is 0 Å². The van der Waals surface area contributed by atoms with Crippen LogP contribution in [-0.2, 0) is 18.9 Å². The monoisotopic (exact) mass is 230 g/mol. The lowest BCUT2D eigenvalue weighted by Crippen LogP contribution is -2.46. The normalized spacial score (nSPS) is 29.1. The summed E-state index contributed by atoms with van der Waals surface area (Å²) < 4.78 is 22.2. The molecular weight excluding hydrogens is 208 g/mol. The van der Waals surface area contributed by atoms with Crippen LogP contribution in [0.5, 0.6) is 0 Å². The summed E-state index contributed by atoms with van der Waals surface area (Å²) >= 11 is 0. The third-order valence-corrected chi connectivity index (χ3v) is 2.42. The quantitative estimate of drug-likeness (QED) is 0.667. The fraction of sp³-hybridized carbons (Fsp3) is 0.833. The zero-order valence-corrected chi connectivity index (χ0v) is 10.3. The molecule has 1 rings (SSSR count). The molecule has 0 fully saturated rings. The molecule has 0 spiro atoms. The number of hydrogen-bond acceptors (Lipinski definition) is 4. The van der Waals surface area contributed by atoms with E-state index < -0.39 is 0 Å². The largest absolute Gasteiger partial charge is 0.493 e. The summed E-state index contributed by atoms with van der Waals surface area (Å²) in [6.45, 7) is 8.45. The second kappa shape index (κ2) is 7.65. The molecule has 0 saturated carbocycles. The first-order chi connectivity index (χ1) is 7.83. The molecule has 1 heterocycles. The SMILES string of the molecule is CCOC[C@H]1OC=C[C@@H](OCC)[C@@H]1OCC. The van der Waals surface area contributed by atoms with Gasteiger partial charge in [0.05, 0.1) is 12.9 Å². The van der Waals surface area contributed by atoms with E-state index in [2.05, 4.69) is 0 Å². The molecule has 0 unspecified atom stereocenters. The molecule has 0 aliphatic carbocycles. The van der Waals surface area contributed by atoms with Crippen molar-refractivity contribution in [3.63, 3.8) is 0 Å². The maximum Gasteiger partial charge on any atom is 0.150 e. The molecule has 4 nitrogen and oxygen atoms in total. The molecule has 1 aliphatic heterocycles. The van der Waals surface area contributed by atoms with Crippen molar-refractivity contribution in [2.24, 2.45) is 0 Å². The Balaban J connectivity index is 2.57. The van der Waals surface area contributed by atoms with Crippen LogP contribution in [0.2, 0.25) is 0 Å². The van der Waals surface area contributed by atoms with E-state index in [0.717, 1.165) is 0 Å². The van der Waals surface area contributed by atoms with Gasteiger partial charge in [-0.2, -0.15) is 0 Å². The fourth-order valence-electron chi connectivity index (χ4n) is 1.73. The van der Waals surface area contributed by atoms with Crippen molar-refractivity contribution >= 4 is 0 Å². The first kappa shape index (κ1) is 13.5. The molecule has 1 aliphatic rings. The Labute approximate surface area is 97.5 Å². The van der Waals surface area contributed by atoms with E-state index >= 15 is 0 Å². The molecule has 0 radical (unpaired) electrons. The van der Waals surface area contributed by atoms with Crippen molar-refractivity contribution in [2.75, 3.05) is 26.4 Å². The smallest absolute Gasteiger partial charge is 0.150 e. The van der Waals surface area contributed by atoms with Crippen LogP contribution in [0.3, 0.4) is 0 Å². The van der Waals surface area contributed by atoms with Gasteiger partial charge in [-0.25, -0.2) is 0 Å². The minimum Gasteiger partial charge on any atom is -0.493 e. The summed E-state index contributed by atoms with van der Waals surface area (Å²) in [7, 11) is 0. The Morgan fingerprint density at radius 3 is 2.44 bits per heavy atom. The average molecular weight is 230 g/mol. The second-order valence-electron chi connectivity index (χ2n) is 3.50. The van der Waals surface area contributed by atoms with Gasteiger partial charge >= 0.3 is 0 Å². The molecule has 0 aromatic heterocycles. The minimum absolute atomic E-state index is 0.0378. The maximum absolute atomic E-state index is 5.68. The molecule has 4 heteroatoms. The van der Waals surface area contributed by atoms with Gasteiger partial charge in [0, 0.05) is 19.8 Å². The predicted octanol–water partition coefficient (Wildman–Crippen LogP) is 1.75. The van der Waals surface area contributed by atoms with E-state index in [1.54, 1.807) is 6.26 Å². The summed E-state index contributed by atoms with van der Waals surface area (Å²) in [6.07, 6.45) is 3.37. The molecule has 0 bridgehead atoms. The molecule has 0 N–H and O–H groups in total. The Kier molecular flexibility index (Phi) is 6.45. The molecule has 0 aromatic rings. The van der Waals surface area contributed by atoms with E-state index in [1.807, 2.05) is 26.8 Å². The molecule has 3 atom stereocenters. The van der Waals surface area contributed by atoms with Crippen LogP contribution in [0.1, 0.15) is 20.8 Å². The summed E-state index contributed by atoms with van der Waals surface area (Å²) in [5, 5.41) is 0. The summed E-state index contributed by atoms with van der Waals surface area (Å²) in [4.78, 5) is 0. The van der Waals surface area contributed by atoms with Crippen LogP contribution in [0.4, 0.5) is 0 Å². The van der Waals surface area contributed by atoms with Gasteiger partial charge in [-0.3, -0.25) is 0 Å². The van der Waals surface area contributed by atoms with Gasteiger partial charge in [0.25, 0.3) is 0 Å². The van der Waals surface area contributed by atoms with Crippen LogP contribution in [0, 0.1) is 0 Å². The maximum atomic E-state index is 5.68. The highest BCUT2D eigenvalue weighted by atomic mass is 16.6.